The van der Waals surface area contributed by atoms with E-state index >= 15 is 0 Å². The summed E-state index contributed by atoms with van der Waals surface area (Å²) < 4.78 is 27.1. The summed E-state index contributed by atoms with van der Waals surface area (Å²) in [5.41, 5.74) is 2.63. The molecule has 1 aliphatic heterocycles. The van der Waals surface area contributed by atoms with Crippen molar-refractivity contribution in [3.8, 4) is 11.3 Å². The zero-order valence-electron chi connectivity index (χ0n) is 19.9. The normalized spacial score (nSPS) is 22.9. The maximum Gasteiger partial charge on any atom is 0.224 e. The van der Waals surface area contributed by atoms with E-state index in [1.165, 1.54) is 0 Å². The minimum absolute atomic E-state index is 0.164. The number of aliphatic hydroxyl groups excluding tert-OH is 1. The second-order valence-corrected chi connectivity index (χ2v) is 9.49. The monoisotopic (exact) mass is 474 g/mol. The van der Waals surface area contributed by atoms with E-state index < -0.39 is 12.3 Å². The van der Waals surface area contributed by atoms with Gasteiger partial charge in [-0.3, -0.25) is 9.88 Å². The van der Waals surface area contributed by atoms with Crippen LogP contribution in [-0.4, -0.2) is 69.1 Å². The highest BCUT2D eigenvalue weighted by molar-refractivity contribution is 5.73. The van der Waals surface area contributed by atoms with E-state index in [1.54, 1.807) is 13.1 Å². The Labute approximate surface area is 200 Å². The Hall–Kier alpha value is -2.39. The first-order valence-corrected chi connectivity index (χ1v) is 12.5. The van der Waals surface area contributed by atoms with Crippen molar-refractivity contribution in [2.45, 2.75) is 82.9 Å². The molecule has 2 aromatic rings. The summed E-state index contributed by atoms with van der Waals surface area (Å²) in [5.74, 6) is 1.04. The quantitative estimate of drug-likeness (QED) is 0.498. The number of hydrogen-bond acceptors (Lipinski definition) is 7. The zero-order valence-corrected chi connectivity index (χ0v) is 19.9. The summed E-state index contributed by atoms with van der Waals surface area (Å²) in [6.07, 6.45) is 6.58. The molecular formula is C25H36F2N6O. The topological polar surface area (TPSA) is 86.2 Å². The molecule has 2 fully saturated rings. The molecule has 1 atom stereocenters. The number of anilines is 2. The number of nitrogens with one attached hydrogen (secondary N) is 2. The number of nitrogens with zero attached hydrogens (tertiary/aromatic N) is 4. The minimum atomic E-state index is -0.954. The molecule has 0 bridgehead atoms. The zero-order chi connectivity index (χ0) is 23.9. The van der Waals surface area contributed by atoms with Gasteiger partial charge in [0.15, 0.2) is 0 Å². The average Bonchev–Trinajstić information content (AvgIpc) is 2.86. The average molecular weight is 475 g/mol. The molecule has 3 N–H and O–H groups in total. The summed E-state index contributed by atoms with van der Waals surface area (Å²) >= 11 is 0. The number of piperidine rings is 1. The van der Waals surface area contributed by atoms with Crippen molar-refractivity contribution in [1.82, 2.24) is 19.9 Å². The highest BCUT2D eigenvalue weighted by Crippen LogP contribution is 2.29. The number of aliphatic hydroxyl groups is 1. The highest BCUT2D eigenvalue weighted by Gasteiger charge is 2.22. The van der Waals surface area contributed by atoms with Crippen LogP contribution < -0.4 is 10.6 Å². The minimum Gasteiger partial charge on any atom is -0.393 e. The third-order valence-electron chi connectivity index (χ3n) is 6.77. The van der Waals surface area contributed by atoms with Crippen molar-refractivity contribution in [1.29, 1.82) is 0 Å². The van der Waals surface area contributed by atoms with Gasteiger partial charge in [0.2, 0.25) is 5.95 Å². The fraction of sp³-hybridized carbons (Fsp3) is 0.640. The lowest BCUT2D eigenvalue weighted by Crippen LogP contribution is -2.33. The molecule has 9 heteroatoms. The second kappa shape index (κ2) is 11.8. The van der Waals surface area contributed by atoms with Crippen molar-refractivity contribution >= 4 is 11.8 Å². The van der Waals surface area contributed by atoms with Crippen LogP contribution >= 0.6 is 0 Å². The van der Waals surface area contributed by atoms with Gasteiger partial charge in [-0.1, -0.05) is 13.0 Å². The number of hydrogen-bond donors (Lipinski definition) is 3. The van der Waals surface area contributed by atoms with Crippen LogP contribution in [0.25, 0.3) is 11.3 Å². The first-order valence-electron chi connectivity index (χ1n) is 12.5. The number of pyridine rings is 1. The molecule has 186 valence electrons. The van der Waals surface area contributed by atoms with Gasteiger partial charge in [0, 0.05) is 44.6 Å². The van der Waals surface area contributed by atoms with E-state index in [4.69, 9.17) is 0 Å². The van der Waals surface area contributed by atoms with Gasteiger partial charge in [0.05, 0.1) is 17.4 Å². The summed E-state index contributed by atoms with van der Waals surface area (Å²) in [6, 6.07) is 4.21. The number of rotatable bonds is 9. The van der Waals surface area contributed by atoms with Crippen molar-refractivity contribution in [2.24, 2.45) is 0 Å². The fourth-order valence-electron chi connectivity index (χ4n) is 4.52. The summed E-state index contributed by atoms with van der Waals surface area (Å²) in [7, 11) is 0. The number of aromatic nitrogens is 3. The molecule has 2 aromatic heterocycles. The van der Waals surface area contributed by atoms with E-state index in [1.807, 2.05) is 18.3 Å². The summed E-state index contributed by atoms with van der Waals surface area (Å²) in [5, 5.41) is 16.3. The summed E-state index contributed by atoms with van der Waals surface area (Å²) in [4.78, 5) is 16.0. The van der Waals surface area contributed by atoms with E-state index in [2.05, 4.69) is 30.5 Å². The molecule has 3 heterocycles. The first kappa shape index (κ1) is 24.7. The molecule has 7 nitrogen and oxygen atoms in total. The van der Waals surface area contributed by atoms with Gasteiger partial charge in [-0.25, -0.2) is 13.8 Å². The predicted molar refractivity (Wildman–Crippen MR) is 130 cm³/mol. The van der Waals surface area contributed by atoms with Crippen molar-refractivity contribution in [2.75, 3.05) is 30.3 Å². The maximum absolute atomic E-state index is 13.7. The number of likely N-dealkylation sites (tertiary alicyclic amines) is 1. The fourth-order valence-corrected chi connectivity index (χ4v) is 4.52. The standard InChI is InChI=1S/C25H36F2N6O/c1-2-18(26)14-29-25-30-15-22(24(32-25)31-20-4-6-21(34)7-5-20)23-8-3-17(13-28-23)16-33-11-9-19(27)10-12-33/h3,8,13,15,18-21,34H,2,4-7,9-12,14,16H2,1H3,(H2,29,30,31,32). The Bertz CT molecular complexity index is 899. The van der Waals surface area contributed by atoms with Crippen molar-refractivity contribution in [3.05, 3.63) is 30.1 Å². The Morgan fingerprint density at radius 2 is 1.85 bits per heavy atom. The lowest BCUT2D eigenvalue weighted by atomic mass is 9.93. The van der Waals surface area contributed by atoms with Crippen LogP contribution in [0.2, 0.25) is 0 Å². The molecule has 1 saturated carbocycles. The van der Waals surface area contributed by atoms with Crippen LogP contribution in [0.5, 0.6) is 0 Å². The molecule has 0 radical (unpaired) electrons. The molecular weight excluding hydrogens is 438 g/mol. The predicted octanol–water partition coefficient (Wildman–Crippen LogP) is 4.35. The smallest absolute Gasteiger partial charge is 0.224 e. The Balaban J connectivity index is 1.49. The molecule has 0 amide bonds. The van der Waals surface area contributed by atoms with Crippen LogP contribution in [0.4, 0.5) is 20.5 Å². The lowest BCUT2D eigenvalue weighted by Gasteiger charge is -2.28. The molecule has 0 aromatic carbocycles. The Kier molecular flexibility index (Phi) is 8.61. The largest absolute Gasteiger partial charge is 0.393 e. The van der Waals surface area contributed by atoms with Gasteiger partial charge in [-0.05, 0) is 56.6 Å². The Morgan fingerprint density at radius 3 is 2.53 bits per heavy atom. The molecule has 4 rings (SSSR count). The summed E-state index contributed by atoms with van der Waals surface area (Å²) in [6.45, 7) is 4.27. The maximum atomic E-state index is 13.7. The lowest BCUT2D eigenvalue weighted by molar-refractivity contribution is 0.126. The second-order valence-electron chi connectivity index (χ2n) is 9.49. The van der Waals surface area contributed by atoms with Gasteiger partial charge < -0.3 is 15.7 Å². The van der Waals surface area contributed by atoms with Crippen molar-refractivity contribution < 1.29 is 13.9 Å². The molecule has 1 aliphatic carbocycles. The van der Waals surface area contributed by atoms with Gasteiger partial charge in [-0.15, -0.1) is 0 Å². The number of alkyl halides is 2. The third-order valence-corrected chi connectivity index (χ3v) is 6.77. The third kappa shape index (κ3) is 6.82. The van der Waals surface area contributed by atoms with Crippen LogP contribution in [0.3, 0.4) is 0 Å². The number of halogens is 2. The van der Waals surface area contributed by atoms with Crippen LogP contribution in [0, 0.1) is 0 Å². The molecule has 34 heavy (non-hydrogen) atoms. The van der Waals surface area contributed by atoms with Crippen LogP contribution in [0.1, 0.15) is 57.4 Å². The van der Waals surface area contributed by atoms with Gasteiger partial charge >= 0.3 is 0 Å². The first-order chi connectivity index (χ1) is 16.5. The molecule has 0 spiro atoms. The highest BCUT2D eigenvalue weighted by atomic mass is 19.1. The van der Waals surface area contributed by atoms with E-state index in [0.29, 0.717) is 31.0 Å². The van der Waals surface area contributed by atoms with E-state index in [0.717, 1.165) is 62.1 Å². The molecule has 1 unspecified atom stereocenters. The van der Waals surface area contributed by atoms with Crippen LogP contribution in [0.15, 0.2) is 24.5 Å². The Morgan fingerprint density at radius 1 is 1.09 bits per heavy atom. The van der Waals surface area contributed by atoms with E-state index in [9.17, 15) is 13.9 Å². The van der Waals surface area contributed by atoms with Gasteiger partial charge in [0.25, 0.3) is 0 Å². The van der Waals surface area contributed by atoms with Crippen molar-refractivity contribution in [3.63, 3.8) is 0 Å². The SMILES string of the molecule is CCC(F)CNc1ncc(-c2ccc(CN3CCC(F)CC3)cn2)c(NC2CCC(O)CC2)n1. The van der Waals surface area contributed by atoms with E-state index in [-0.39, 0.29) is 18.7 Å². The molecule has 2 aliphatic rings. The van der Waals surface area contributed by atoms with Gasteiger partial charge in [-0.2, -0.15) is 4.98 Å². The van der Waals surface area contributed by atoms with Crippen LogP contribution in [-0.2, 0) is 6.54 Å². The molecule has 1 saturated heterocycles. The van der Waals surface area contributed by atoms with Gasteiger partial charge in [0.1, 0.15) is 18.2 Å².